The molecule has 0 radical (unpaired) electrons. The van der Waals surface area contributed by atoms with Crippen LogP contribution in [0.3, 0.4) is 0 Å². The highest BCUT2D eigenvalue weighted by Crippen LogP contribution is 2.71. The predicted octanol–water partition coefficient (Wildman–Crippen LogP) is -1.76. The summed E-state index contributed by atoms with van der Waals surface area (Å²) in [4.78, 5) is 0. The Morgan fingerprint density at radius 3 is 1.86 bits per heavy atom. The molecule has 4 saturated carbocycles. The average molecular weight is 919 g/mol. The van der Waals surface area contributed by atoms with Crippen LogP contribution in [0, 0.1) is 52.3 Å². The van der Waals surface area contributed by atoms with E-state index in [1.807, 2.05) is 0 Å². The van der Waals surface area contributed by atoms with E-state index in [4.69, 9.17) is 37.9 Å². The Labute approximate surface area is 373 Å². The summed E-state index contributed by atoms with van der Waals surface area (Å²) in [5.41, 5.74) is 0.0147. The van der Waals surface area contributed by atoms with Crippen molar-refractivity contribution in [3.63, 3.8) is 0 Å². The third kappa shape index (κ3) is 7.85. The lowest BCUT2D eigenvalue weighted by Gasteiger charge is -2.62. The van der Waals surface area contributed by atoms with Crippen LogP contribution in [0.1, 0.15) is 85.5 Å². The van der Waals surface area contributed by atoms with Gasteiger partial charge >= 0.3 is 0 Å². The number of ether oxygens (including phenoxy) is 8. The first kappa shape index (κ1) is 48.3. The minimum absolute atomic E-state index is 0.144. The molecule has 9 fully saturated rings. The van der Waals surface area contributed by atoms with Crippen molar-refractivity contribution < 1.29 is 94.1 Å². The second kappa shape index (κ2) is 18.2. The normalized spacial score (nSPS) is 58.6. The topological polar surface area (TPSA) is 296 Å². The third-order valence-corrected chi connectivity index (χ3v) is 18.3. The molecule has 9 aliphatic rings. The van der Waals surface area contributed by atoms with Gasteiger partial charge in [-0.25, -0.2) is 0 Å². The van der Waals surface area contributed by atoms with E-state index in [1.54, 1.807) is 0 Å². The van der Waals surface area contributed by atoms with Crippen molar-refractivity contribution in [3.8, 4) is 0 Å². The fourth-order valence-electron chi connectivity index (χ4n) is 14.7. The Balaban J connectivity index is 0.848. The first-order valence-corrected chi connectivity index (χ1v) is 23.9. The maximum atomic E-state index is 11.8. The first-order valence-electron chi connectivity index (χ1n) is 23.9. The second-order valence-electron chi connectivity index (χ2n) is 21.7. The highest BCUT2D eigenvalue weighted by molar-refractivity contribution is 5.16. The molecule has 11 N–H and O–H groups in total. The maximum Gasteiger partial charge on any atom is 0.187 e. The number of fused-ring (bicyclic) bond motifs is 7. The van der Waals surface area contributed by atoms with Crippen LogP contribution in [-0.2, 0) is 37.9 Å². The molecule has 19 nitrogen and oxygen atoms in total. The fraction of sp³-hybridized carbons (Fsp3) is 1.00. The van der Waals surface area contributed by atoms with Crippen LogP contribution in [0.5, 0.6) is 0 Å². The van der Waals surface area contributed by atoms with Gasteiger partial charge in [-0.3, -0.25) is 0 Å². The van der Waals surface area contributed by atoms with Crippen LogP contribution in [0.2, 0.25) is 0 Å². The zero-order chi connectivity index (χ0) is 45.8. The number of aliphatic hydroxyl groups excluding tert-OH is 11. The molecular weight excluding hydrogens is 844 g/mol. The molecule has 64 heavy (non-hydrogen) atoms. The van der Waals surface area contributed by atoms with Crippen molar-refractivity contribution in [1.29, 1.82) is 0 Å². The quantitative estimate of drug-likeness (QED) is 0.114. The Morgan fingerprint density at radius 1 is 0.578 bits per heavy atom. The summed E-state index contributed by atoms with van der Waals surface area (Å²) in [5, 5.41) is 118. The smallest absolute Gasteiger partial charge is 0.187 e. The van der Waals surface area contributed by atoms with E-state index in [0.29, 0.717) is 48.3 Å². The molecule has 24 unspecified atom stereocenters. The predicted molar refractivity (Wildman–Crippen MR) is 217 cm³/mol. The molecule has 28 atom stereocenters. The first-order chi connectivity index (χ1) is 30.4. The van der Waals surface area contributed by atoms with Crippen LogP contribution in [0.4, 0.5) is 0 Å². The van der Waals surface area contributed by atoms with Crippen LogP contribution in [0.25, 0.3) is 0 Å². The minimum Gasteiger partial charge on any atom is -0.394 e. The number of hydrogen-bond acceptors (Lipinski definition) is 19. The van der Waals surface area contributed by atoms with Gasteiger partial charge in [0.1, 0.15) is 73.2 Å². The summed E-state index contributed by atoms with van der Waals surface area (Å²) in [5.74, 6) is 2.57. The molecule has 0 amide bonds. The van der Waals surface area contributed by atoms with E-state index in [1.165, 1.54) is 0 Å². The molecule has 4 aliphatic carbocycles. The number of aliphatic hydroxyl groups is 11. The van der Waals surface area contributed by atoms with Crippen molar-refractivity contribution in [3.05, 3.63) is 0 Å². The van der Waals surface area contributed by atoms with Crippen LogP contribution in [0.15, 0.2) is 0 Å². The Kier molecular flexibility index (Phi) is 13.7. The van der Waals surface area contributed by atoms with Crippen molar-refractivity contribution in [1.82, 2.24) is 0 Å². The van der Waals surface area contributed by atoms with E-state index in [-0.39, 0.29) is 22.9 Å². The Morgan fingerprint density at radius 2 is 1.19 bits per heavy atom. The van der Waals surface area contributed by atoms with Gasteiger partial charge in [-0.15, -0.1) is 0 Å². The highest BCUT2D eigenvalue weighted by Gasteiger charge is 2.69. The minimum atomic E-state index is -1.91. The third-order valence-electron chi connectivity index (χ3n) is 18.3. The summed E-state index contributed by atoms with van der Waals surface area (Å²) in [7, 11) is 0. The lowest BCUT2D eigenvalue weighted by Crippen LogP contribution is -2.67. The SMILES string of the molecule is CC1CC[C@@]2(OC1)OC1CC3C4CC[C@H]5CC(OC6OC(CO)C(OC7OC(CO)C(O)C(O)C7OC7OC(CO)C(O)C(O)C7O)C(O)C6O)[C@H](O)CC5(C)C4CCC3(C)C1[C@@H]2C. The molecule has 5 aliphatic heterocycles. The van der Waals surface area contributed by atoms with E-state index in [2.05, 4.69) is 27.7 Å². The molecule has 1 spiro atoms. The summed E-state index contributed by atoms with van der Waals surface area (Å²) < 4.78 is 48.7. The van der Waals surface area contributed by atoms with Gasteiger partial charge in [-0.05, 0) is 97.7 Å². The van der Waals surface area contributed by atoms with E-state index >= 15 is 0 Å². The van der Waals surface area contributed by atoms with E-state index < -0.39 is 130 Å². The monoisotopic (exact) mass is 918 g/mol. The van der Waals surface area contributed by atoms with E-state index in [9.17, 15) is 56.2 Å². The van der Waals surface area contributed by atoms with Gasteiger partial charge in [0, 0.05) is 12.3 Å². The molecule has 9 rings (SSSR count). The van der Waals surface area contributed by atoms with Crippen molar-refractivity contribution >= 4 is 0 Å². The van der Waals surface area contributed by atoms with Crippen molar-refractivity contribution in [2.75, 3.05) is 26.4 Å². The fourth-order valence-corrected chi connectivity index (χ4v) is 14.7. The van der Waals surface area contributed by atoms with Gasteiger partial charge in [0.15, 0.2) is 24.7 Å². The van der Waals surface area contributed by atoms with E-state index in [0.717, 1.165) is 51.6 Å². The molecule has 5 heterocycles. The molecular formula is C45H74O19. The van der Waals surface area contributed by atoms with Gasteiger partial charge in [0.25, 0.3) is 0 Å². The van der Waals surface area contributed by atoms with Crippen LogP contribution < -0.4 is 0 Å². The van der Waals surface area contributed by atoms with Gasteiger partial charge in [0.2, 0.25) is 0 Å². The van der Waals surface area contributed by atoms with Gasteiger partial charge in [-0.2, -0.15) is 0 Å². The molecule has 19 heteroatoms. The van der Waals surface area contributed by atoms with Crippen molar-refractivity contribution in [2.24, 2.45) is 52.3 Å². The molecule has 368 valence electrons. The summed E-state index contributed by atoms with van der Waals surface area (Å²) >= 11 is 0. The Hall–Kier alpha value is -0.760. The van der Waals surface area contributed by atoms with Gasteiger partial charge < -0.3 is 94.1 Å². The zero-order valence-corrected chi connectivity index (χ0v) is 37.3. The standard InChI is InChI=1S/C45H74O19/c1-18-7-10-45(57-17-18)19(2)30-26(64-45)12-23-21-6-5-20-11-25(24(49)13-44(20,4)22(21)8-9-43(23,30)3)58-40-37(56)35(54)38(29(16-48)61-40)62-42-39(34(53)32(51)28(15-47)60-42)63-41-36(55)33(52)31(50)27(14-46)59-41/h18-42,46-56H,5-17H2,1-4H3/t18?,19-,20-,21?,22?,23?,24+,25?,26?,27?,28?,29?,30?,31?,32?,33?,34?,35?,36?,37?,38?,39?,40?,41?,42?,43?,44?,45+/m0/s1. The zero-order valence-electron chi connectivity index (χ0n) is 37.3. The Bertz CT molecular complexity index is 1600. The largest absolute Gasteiger partial charge is 0.394 e. The lowest BCUT2D eigenvalue weighted by molar-refractivity contribution is -0.391. The van der Waals surface area contributed by atoms with Crippen molar-refractivity contribution in [2.45, 2.75) is 202 Å². The summed E-state index contributed by atoms with van der Waals surface area (Å²) in [6, 6.07) is 0. The molecule has 0 bridgehead atoms. The molecule has 5 saturated heterocycles. The average Bonchev–Trinajstić information content (AvgIpc) is 3.72. The summed E-state index contributed by atoms with van der Waals surface area (Å²) in [6.45, 7) is 7.85. The summed E-state index contributed by atoms with van der Waals surface area (Å²) in [6.07, 6.45) is -18.5. The highest BCUT2D eigenvalue weighted by atomic mass is 16.8. The van der Waals surface area contributed by atoms with Gasteiger partial charge in [0.05, 0.1) is 44.7 Å². The van der Waals surface area contributed by atoms with Crippen LogP contribution >= 0.6 is 0 Å². The van der Waals surface area contributed by atoms with Gasteiger partial charge in [-0.1, -0.05) is 27.7 Å². The number of hydrogen-bond donors (Lipinski definition) is 11. The van der Waals surface area contributed by atoms with Crippen LogP contribution in [-0.4, -0.2) is 199 Å². The number of rotatable bonds is 9. The molecule has 0 aromatic heterocycles. The molecule has 0 aromatic carbocycles. The maximum absolute atomic E-state index is 11.8. The second-order valence-corrected chi connectivity index (χ2v) is 21.7. The lowest BCUT2D eigenvalue weighted by atomic mass is 9.44. The molecule has 0 aromatic rings.